The molecule has 0 spiro atoms. The monoisotopic (exact) mass is 468 g/mol. The molecule has 1 aliphatic rings. The molecule has 2 aromatic carbocycles. The van der Waals surface area contributed by atoms with E-state index in [4.69, 9.17) is 4.74 Å². The molecule has 0 aromatic heterocycles. The number of halogens is 1. The van der Waals surface area contributed by atoms with Crippen molar-refractivity contribution in [2.24, 2.45) is 0 Å². The number of hydrogen-bond acceptors (Lipinski definition) is 6. The van der Waals surface area contributed by atoms with Crippen LogP contribution in [0.2, 0.25) is 0 Å². The van der Waals surface area contributed by atoms with Crippen LogP contribution in [-0.2, 0) is 20.8 Å². The maximum absolute atomic E-state index is 13.1. The van der Waals surface area contributed by atoms with Gasteiger partial charge < -0.3 is 19.9 Å². The van der Waals surface area contributed by atoms with Gasteiger partial charge in [0.25, 0.3) is 5.91 Å². The highest BCUT2D eigenvalue weighted by atomic mass is 19.1. The molecule has 0 saturated carbocycles. The molecule has 2 N–H and O–H groups in total. The van der Waals surface area contributed by atoms with E-state index < -0.39 is 30.2 Å². The van der Waals surface area contributed by atoms with E-state index in [0.717, 1.165) is 52.4 Å². The fourth-order valence-electron chi connectivity index (χ4n) is 3.44. The molecule has 1 saturated heterocycles. The second-order valence-corrected chi connectivity index (χ2v) is 8.33. The van der Waals surface area contributed by atoms with Gasteiger partial charge in [0.1, 0.15) is 12.3 Å². The van der Waals surface area contributed by atoms with Gasteiger partial charge in [-0.05, 0) is 48.9 Å². The summed E-state index contributed by atoms with van der Waals surface area (Å²) in [4.78, 5) is 26.7. The van der Waals surface area contributed by atoms with Gasteiger partial charge in [-0.15, -0.1) is 0 Å². The highest BCUT2D eigenvalue weighted by Gasteiger charge is 2.40. The van der Waals surface area contributed by atoms with Crippen molar-refractivity contribution < 1.29 is 28.6 Å². The average Bonchev–Trinajstić information content (AvgIpc) is 2.87. The normalized spacial score (nSPS) is 16.5. The van der Waals surface area contributed by atoms with Crippen LogP contribution in [-0.4, -0.2) is 73.6 Å². The first-order valence-electron chi connectivity index (χ1n) is 11.0. The lowest BCUT2D eigenvalue weighted by atomic mass is 9.97. The number of nitrogens with zero attached hydrogens (tertiary/aromatic N) is 1. The molecule has 34 heavy (non-hydrogen) atoms. The van der Waals surface area contributed by atoms with Gasteiger partial charge in [-0.2, -0.15) is 0 Å². The van der Waals surface area contributed by atoms with Crippen LogP contribution < -0.4 is 5.32 Å². The van der Waals surface area contributed by atoms with Crippen molar-refractivity contribution in [1.82, 2.24) is 10.2 Å². The highest BCUT2D eigenvalue weighted by molar-refractivity contribution is 5.97. The Morgan fingerprint density at radius 3 is 2.21 bits per heavy atom. The van der Waals surface area contributed by atoms with Crippen LogP contribution in [0.3, 0.4) is 0 Å². The molecular weight excluding hydrogens is 439 g/mol. The number of carbonyl (C=O) groups is 2. The van der Waals surface area contributed by atoms with Crippen molar-refractivity contribution >= 4 is 11.9 Å². The summed E-state index contributed by atoms with van der Waals surface area (Å²) in [7, 11) is 1.10. The number of carbonyl (C=O) groups excluding carboxylic acids is 2. The fourth-order valence-corrected chi connectivity index (χ4v) is 3.44. The predicted molar refractivity (Wildman–Crippen MR) is 125 cm³/mol. The van der Waals surface area contributed by atoms with E-state index in [9.17, 15) is 19.1 Å². The van der Waals surface area contributed by atoms with Gasteiger partial charge >= 0.3 is 5.97 Å². The van der Waals surface area contributed by atoms with Crippen LogP contribution in [0, 0.1) is 11.8 Å². The van der Waals surface area contributed by atoms with E-state index in [1.807, 2.05) is 12.1 Å². The van der Waals surface area contributed by atoms with Crippen LogP contribution in [0.5, 0.6) is 0 Å². The molecule has 0 bridgehead atoms. The third-order valence-electron chi connectivity index (χ3n) is 5.57. The zero-order valence-electron chi connectivity index (χ0n) is 19.3. The number of hydrogen-bond donors (Lipinski definition) is 2. The number of ether oxygens (including phenoxy) is 2. The number of esters is 1. The molecule has 1 heterocycles. The highest BCUT2D eigenvalue weighted by Crippen LogP contribution is 2.14. The second-order valence-electron chi connectivity index (χ2n) is 8.33. The van der Waals surface area contributed by atoms with E-state index in [0.29, 0.717) is 5.56 Å². The first kappa shape index (κ1) is 25.4. The largest absolute Gasteiger partial charge is 0.467 e. The van der Waals surface area contributed by atoms with Crippen LogP contribution in [0.4, 0.5) is 4.39 Å². The summed E-state index contributed by atoms with van der Waals surface area (Å²) in [5, 5.41) is 12.4. The SMILES string of the molecule is COC(=O)C(NC(=O)c1ccc(C#Cc2ccc(CN3CCOCC3)cc2)cc1)C(C)(O)CF. The lowest BCUT2D eigenvalue weighted by Crippen LogP contribution is -2.57. The molecule has 3 rings (SSSR count). The van der Waals surface area contributed by atoms with Crippen LogP contribution in [0.1, 0.15) is 34.0 Å². The average molecular weight is 469 g/mol. The number of nitrogens with one attached hydrogen (secondary N) is 1. The third kappa shape index (κ3) is 6.87. The van der Waals surface area contributed by atoms with Crippen LogP contribution in [0.25, 0.3) is 0 Å². The van der Waals surface area contributed by atoms with Crippen molar-refractivity contribution in [1.29, 1.82) is 0 Å². The Morgan fingerprint density at radius 1 is 1.12 bits per heavy atom. The van der Waals surface area contributed by atoms with Gasteiger partial charge in [-0.25, -0.2) is 9.18 Å². The summed E-state index contributed by atoms with van der Waals surface area (Å²) in [6.07, 6.45) is 0. The number of methoxy groups -OCH3 is 1. The Morgan fingerprint density at radius 2 is 1.68 bits per heavy atom. The lowest BCUT2D eigenvalue weighted by Gasteiger charge is -2.28. The minimum Gasteiger partial charge on any atom is -0.467 e. The molecular formula is C26H29FN2O5. The van der Waals surface area contributed by atoms with Crippen molar-refractivity contribution in [2.75, 3.05) is 40.1 Å². The molecule has 8 heteroatoms. The summed E-state index contributed by atoms with van der Waals surface area (Å²) >= 11 is 0. The van der Waals surface area contributed by atoms with Gasteiger partial charge in [0.2, 0.25) is 0 Å². The number of rotatable bonds is 7. The van der Waals surface area contributed by atoms with Gasteiger partial charge in [-0.1, -0.05) is 24.0 Å². The van der Waals surface area contributed by atoms with Crippen LogP contribution in [0.15, 0.2) is 48.5 Å². The van der Waals surface area contributed by atoms with E-state index in [1.54, 1.807) is 24.3 Å². The van der Waals surface area contributed by atoms with Crippen molar-refractivity contribution in [2.45, 2.75) is 25.1 Å². The Labute approximate surface area is 198 Å². The minimum absolute atomic E-state index is 0.238. The van der Waals surface area contributed by atoms with Gasteiger partial charge in [0.05, 0.1) is 20.3 Å². The molecule has 180 valence electrons. The summed E-state index contributed by atoms with van der Waals surface area (Å²) in [6.45, 7) is 4.20. The zero-order valence-corrected chi connectivity index (χ0v) is 19.3. The molecule has 1 amide bonds. The maximum atomic E-state index is 13.1. The molecule has 0 aliphatic carbocycles. The van der Waals surface area contributed by atoms with Crippen molar-refractivity contribution in [3.05, 3.63) is 70.8 Å². The number of benzene rings is 2. The Balaban J connectivity index is 1.61. The standard InChI is InChI=1S/C26H29FN2O5/c1-26(32,18-27)23(25(31)33-2)28-24(30)22-11-9-20(10-12-22)4-3-19-5-7-21(8-6-19)17-29-13-15-34-16-14-29/h5-12,23,32H,13-18H2,1-2H3,(H,28,30). The molecule has 2 atom stereocenters. The number of alkyl halides is 1. The van der Waals surface area contributed by atoms with E-state index >= 15 is 0 Å². The zero-order chi connectivity index (χ0) is 24.6. The minimum atomic E-state index is -2.09. The smallest absolute Gasteiger partial charge is 0.331 e. The van der Waals surface area contributed by atoms with Gasteiger partial charge in [0, 0.05) is 36.3 Å². The summed E-state index contributed by atoms with van der Waals surface area (Å²) in [5.41, 5.74) is 0.948. The van der Waals surface area contributed by atoms with Crippen molar-refractivity contribution in [3.8, 4) is 11.8 Å². The molecule has 1 aliphatic heterocycles. The molecule has 7 nitrogen and oxygen atoms in total. The summed E-state index contributed by atoms with van der Waals surface area (Å²) in [6, 6.07) is 13.0. The van der Waals surface area contributed by atoms with E-state index in [-0.39, 0.29) is 5.56 Å². The molecule has 2 aromatic rings. The van der Waals surface area contributed by atoms with Gasteiger partial charge in [-0.3, -0.25) is 9.69 Å². The molecule has 1 fully saturated rings. The Hall–Kier alpha value is -3.25. The second kappa shape index (κ2) is 11.7. The number of amides is 1. The first-order valence-corrected chi connectivity index (χ1v) is 11.0. The number of morpholine rings is 1. The molecule has 0 radical (unpaired) electrons. The Bertz CT molecular complexity index is 1040. The summed E-state index contributed by atoms with van der Waals surface area (Å²) in [5.74, 6) is 4.58. The maximum Gasteiger partial charge on any atom is 0.331 e. The molecule has 2 unspecified atom stereocenters. The number of aliphatic hydroxyl groups is 1. The quantitative estimate of drug-likeness (QED) is 0.477. The third-order valence-corrected chi connectivity index (χ3v) is 5.57. The Kier molecular flexibility index (Phi) is 8.77. The van der Waals surface area contributed by atoms with E-state index in [2.05, 4.69) is 38.9 Å². The van der Waals surface area contributed by atoms with Crippen LogP contribution >= 0.6 is 0 Å². The van der Waals surface area contributed by atoms with E-state index in [1.165, 1.54) is 5.56 Å². The first-order chi connectivity index (χ1) is 16.3. The topological polar surface area (TPSA) is 88.1 Å². The van der Waals surface area contributed by atoms with Crippen molar-refractivity contribution in [3.63, 3.8) is 0 Å². The predicted octanol–water partition coefficient (Wildman–Crippen LogP) is 1.91. The lowest BCUT2D eigenvalue weighted by molar-refractivity contribution is -0.150. The summed E-state index contributed by atoms with van der Waals surface area (Å²) < 4.78 is 23.1. The fraction of sp³-hybridized carbons (Fsp3) is 0.385. The van der Waals surface area contributed by atoms with Gasteiger partial charge in [0.15, 0.2) is 6.04 Å².